The van der Waals surface area contributed by atoms with Crippen LogP contribution in [0.25, 0.3) is 0 Å². The molecule has 0 bridgehead atoms. The SMILES string of the molecule is C=CCC(C)[C@@H](CC(C)C)SN. The third kappa shape index (κ3) is 4.83. The van der Waals surface area contributed by atoms with Crippen LogP contribution in [0, 0.1) is 11.8 Å². The predicted molar refractivity (Wildman–Crippen MR) is 59.0 cm³/mol. The summed E-state index contributed by atoms with van der Waals surface area (Å²) in [4.78, 5) is 0. The normalized spacial score (nSPS) is 16.1. The highest BCUT2D eigenvalue weighted by molar-refractivity contribution is 7.97. The Labute approximate surface area is 80.9 Å². The van der Waals surface area contributed by atoms with Gasteiger partial charge in [0.05, 0.1) is 0 Å². The average molecular weight is 187 g/mol. The number of nitrogens with two attached hydrogens (primary N) is 1. The van der Waals surface area contributed by atoms with Crippen molar-refractivity contribution in [3.8, 4) is 0 Å². The largest absolute Gasteiger partial charge is 0.278 e. The maximum Gasteiger partial charge on any atom is 0.0221 e. The summed E-state index contributed by atoms with van der Waals surface area (Å²) in [5.41, 5.74) is 0. The molecular weight excluding hydrogens is 166 g/mol. The van der Waals surface area contributed by atoms with E-state index < -0.39 is 0 Å². The van der Waals surface area contributed by atoms with E-state index in [1.165, 1.54) is 18.4 Å². The first-order valence-corrected chi connectivity index (χ1v) is 5.52. The van der Waals surface area contributed by atoms with E-state index in [1.807, 2.05) is 6.08 Å². The fraction of sp³-hybridized carbons (Fsp3) is 0.800. The predicted octanol–water partition coefficient (Wildman–Crippen LogP) is 3.22. The Morgan fingerprint density at radius 3 is 2.33 bits per heavy atom. The lowest BCUT2D eigenvalue weighted by atomic mass is 9.96. The van der Waals surface area contributed by atoms with Crippen LogP contribution in [-0.4, -0.2) is 5.25 Å². The lowest BCUT2D eigenvalue weighted by molar-refractivity contribution is 0.468. The lowest BCUT2D eigenvalue weighted by Crippen LogP contribution is -2.18. The van der Waals surface area contributed by atoms with Crippen LogP contribution in [0.3, 0.4) is 0 Å². The van der Waals surface area contributed by atoms with Crippen molar-refractivity contribution in [2.45, 2.75) is 38.9 Å². The van der Waals surface area contributed by atoms with Crippen LogP contribution in [0.5, 0.6) is 0 Å². The number of hydrogen-bond donors (Lipinski definition) is 1. The van der Waals surface area contributed by atoms with Gasteiger partial charge in [0.1, 0.15) is 0 Å². The molecule has 0 fully saturated rings. The van der Waals surface area contributed by atoms with Crippen LogP contribution in [0.1, 0.15) is 33.6 Å². The van der Waals surface area contributed by atoms with Gasteiger partial charge in [-0.1, -0.05) is 38.8 Å². The Balaban J connectivity index is 3.86. The second kappa shape index (κ2) is 6.55. The molecule has 0 saturated carbocycles. The molecule has 0 aliphatic rings. The van der Waals surface area contributed by atoms with Crippen molar-refractivity contribution in [3.63, 3.8) is 0 Å². The van der Waals surface area contributed by atoms with E-state index in [-0.39, 0.29) is 0 Å². The first-order valence-electron chi connectivity index (χ1n) is 4.58. The third-order valence-corrected chi connectivity index (χ3v) is 3.06. The molecule has 0 aromatic rings. The van der Waals surface area contributed by atoms with Gasteiger partial charge in [0.15, 0.2) is 0 Å². The smallest absolute Gasteiger partial charge is 0.0221 e. The van der Waals surface area contributed by atoms with Gasteiger partial charge >= 0.3 is 0 Å². The molecule has 1 unspecified atom stereocenters. The quantitative estimate of drug-likeness (QED) is 0.510. The molecule has 2 heteroatoms. The molecular formula is C10H21NS. The molecule has 0 rings (SSSR count). The van der Waals surface area contributed by atoms with Gasteiger partial charge in [0.2, 0.25) is 0 Å². The van der Waals surface area contributed by atoms with Crippen molar-refractivity contribution in [3.05, 3.63) is 12.7 Å². The van der Waals surface area contributed by atoms with Crippen molar-refractivity contribution in [2.24, 2.45) is 17.0 Å². The van der Waals surface area contributed by atoms with E-state index in [0.717, 1.165) is 12.3 Å². The van der Waals surface area contributed by atoms with E-state index in [9.17, 15) is 0 Å². The molecule has 2 atom stereocenters. The maximum atomic E-state index is 5.63. The molecule has 0 aliphatic carbocycles. The number of allylic oxidation sites excluding steroid dienone is 1. The van der Waals surface area contributed by atoms with Crippen molar-refractivity contribution in [2.75, 3.05) is 0 Å². The zero-order valence-corrected chi connectivity index (χ0v) is 9.23. The number of hydrogen-bond acceptors (Lipinski definition) is 2. The molecule has 0 aromatic carbocycles. The molecule has 0 aliphatic heterocycles. The fourth-order valence-electron chi connectivity index (χ4n) is 1.30. The second-order valence-electron chi connectivity index (χ2n) is 3.81. The Hall–Kier alpha value is 0.0500. The van der Waals surface area contributed by atoms with Gasteiger partial charge in [0.25, 0.3) is 0 Å². The molecule has 0 spiro atoms. The third-order valence-electron chi connectivity index (χ3n) is 2.05. The summed E-state index contributed by atoms with van der Waals surface area (Å²) in [5, 5.41) is 6.22. The zero-order chi connectivity index (χ0) is 9.56. The Kier molecular flexibility index (Phi) is 6.58. The van der Waals surface area contributed by atoms with Crippen LogP contribution in [0.15, 0.2) is 12.7 Å². The Morgan fingerprint density at radius 1 is 1.42 bits per heavy atom. The van der Waals surface area contributed by atoms with Gasteiger partial charge in [0, 0.05) is 5.25 Å². The van der Waals surface area contributed by atoms with E-state index in [0.29, 0.717) is 11.2 Å². The first-order chi connectivity index (χ1) is 5.61. The van der Waals surface area contributed by atoms with Crippen molar-refractivity contribution in [1.82, 2.24) is 0 Å². The average Bonchev–Trinajstić information content (AvgIpc) is 2.00. The summed E-state index contributed by atoms with van der Waals surface area (Å²) < 4.78 is 0. The maximum absolute atomic E-state index is 5.63. The summed E-state index contributed by atoms with van der Waals surface area (Å²) in [6.07, 6.45) is 4.26. The van der Waals surface area contributed by atoms with Crippen LogP contribution in [0.4, 0.5) is 0 Å². The minimum absolute atomic E-state index is 0.586. The Bertz CT molecular complexity index is 123. The molecule has 72 valence electrons. The van der Waals surface area contributed by atoms with Gasteiger partial charge in [-0.05, 0) is 24.7 Å². The summed E-state index contributed by atoms with van der Waals surface area (Å²) >= 11 is 1.50. The molecule has 0 heterocycles. The standard InChI is InChI=1S/C10H21NS/c1-5-6-9(4)10(12-11)7-8(2)3/h5,8-10H,1,6-7,11H2,2-4H3/t9?,10-/m1/s1. The van der Waals surface area contributed by atoms with Crippen LogP contribution < -0.4 is 5.14 Å². The highest BCUT2D eigenvalue weighted by Gasteiger charge is 2.16. The molecule has 0 saturated heterocycles. The van der Waals surface area contributed by atoms with E-state index in [1.54, 1.807) is 0 Å². The molecule has 1 nitrogen and oxygen atoms in total. The van der Waals surface area contributed by atoms with Gasteiger partial charge in [-0.15, -0.1) is 6.58 Å². The summed E-state index contributed by atoms with van der Waals surface area (Å²) in [6, 6.07) is 0. The highest BCUT2D eigenvalue weighted by Crippen LogP contribution is 2.24. The fourth-order valence-corrected chi connectivity index (χ4v) is 2.18. The molecule has 0 aromatic heterocycles. The minimum Gasteiger partial charge on any atom is -0.278 e. The van der Waals surface area contributed by atoms with Crippen LogP contribution >= 0.6 is 11.9 Å². The molecule has 0 amide bonds. The lowest BCUT2D eigenvalue weighted by Gasteiger charge is -2.22. The zero-order valence-electron chi connectivity index (χ0n) is 8.42. The monoisotopic (exact) mass is 187 g/mol. The van der Waals surface area contributed by atoms with Crippen molar-refractivity contribution >= 4 is 11.9 Å². The van der Waals surface area contributed by atoms with Crippen LogP contribution in [0.2, 0.25) is 0 Å². The molecule has 0 radical (unpaired) electrons. The minimum atomic E-state index is 0.586. The van der Waals surface area contributed by atoms with Gasteiger partial charge < -0.3 is 0 Å². The summed E-state index contributed by atoms with van der Waals surface area (Å²) in [6.45, 7) is 10.5. The number of rotatable bonds is 6. The van der Waals surface area contributed by atoms with E-state index in [4.69, 9.17) is 5.14 Å². The molecule has 2 N–H and O–H groups in total. The van der Waals surface area contributed by atoms with Crippen LogP contribution in [-0.2, 0) is 0 Å². The summed E-state index contributed by atoms with van der Waals surface area (Å²) in [7, 11) is 0. The van der Waals surface area contributed by atoms with Gasteiger partial charge in [-0.3, -0.25) is 5.14 Å². The summed E-state index contributed by atoms with van der Waals surface area (Å²) in [5.74, 6) is 1.39. The van der Waals surface area contributed by atoms with Crippen molar-refractivity contribution < 1.29 is 0 Å². The van der Waals surface area contributed by atoms with Gasteiger partial charge in [-0.2, -0.15) is 0 Å². The molecule has 12 heavy (non-hydrogen) atoms. The first kappa shape index (κ1) is 12.0. The van der Waals surface area contributed by atoms with Gasteiger partial charge in [-0.25, -0.2) is 0 Å². The van der Waals surface area contributed by atoms with E-state index in [2.05, 4.69) is 27.4 Å². The van der Waals surface area contributed by atoms with Crippen molar-refractivity contribution in [1.29, 1.82) is 0 Å². The Morgan fingerprint density at radius 2 is 2.00 bits per heavy atom. The topological polar surface area (TPSA) is 26.0 Å². The highest BCUT2D eigenvalue weighted by atomic mass is 32.2. The van der Waals surface area contributed by atoms with E-state index >= 15 is 0 Å². The second-order valence-corrected chi connectivity index (χ2v) is 4.68.